The van der Waals surface area contributed by atoms with Crippen LogP contribution in [0.2, 0.25) is 0 Å². The molecule has 34 heavy (non-hydrogen) atoms. The number of carbonyl (C=O) groups excluding carboxylic acids is 1. The molecule has 178 valence electrons. The quantitative estimate of drug-likeness (QED) is 0.506. The first-order valence-electron chi connectivity index (χ1n) is 10.8. The molecule has 1 aromatic heterocycles. The van der Waals surface area contributed by atoms with Gasteiger partial charge in [0.2, 0.25) is 0 Å². The smallest absolute Gasteiger partial charge is 0.349 e. The number of likely N-dealkylation sites (tertiary alicyclic amines) is 1. The maximum Gasteiger partial charge on any atom is 0.416 e. The maximum absolute atomic E-state index is 13.9. The highest BCUT2D eigenvalue weighted by molar-refractivity contribution is 5.94. The Balaban J connectivity index is 1.49. The number of alkyl halides is 3. The zero-order chi connectivity index (χ0) is 24.3. The molecule has 1 N–H and O–H groups in total. The van der Waals surface area contributed by atoms with Gasteiger partial charge < -0.3 is 5.32 Å². The Kier molecular flexibility index (Phi) is 6.92. The molecule has 1 aliphatic rings. The zero-order valence-electron chi connectivity index (χ0n) is 18.0. The van der Waals surface area contributed by atoms with Crippen molar-refractivity contribution in [2.75, 3.05) is 13.1 Å². The molecule has 0 saturated carbocycles. The van der Waals surface area contributed by atoms with Crippen LogP contribution in [0.3, 0.4) is 0 Å². The fourth-order valence-corrected chi connectivity index (χ4v) is 4.28. The van der Waals surface area contributed by atoms with Gasteiger partial charge in [-0.3, -0.25) is 14.7 Å². The number of benzene rings is 2. The second kappa shape index (κ2) is 9.89. The van der Waals surface area contributed by atoms with E-state index in [0.717, 1.165) is 29.8 Å². The number of pyridine rings is 1. The molecule has 0 aliphatic carbocycles. The number of rotatable bonds is 5. The maximum atomic E-state index is 13.9. The van der Waals surface area contributed by atoms with Gasteiger partial charge in [-0.15, -0.1) is 0 Å². The second-order valence-corrected chi connectivity index (χ2v) is 8.19. The van der Waals surface area contributed by atoms with Crippen LogP contribution < -0.4 is 5.32 Å². The molecule has 1 unspecified atom stereocenters. The van der Waals surface area contributed by atoms with Gasteiger partial charge in [0, 0.05) is 31.5 Å². The third-order valence-corrected chi connectivity index (χ3v) is 5.97. The van der Waals surface area contributed by atoms with E-state index in [-0.39, 0.29) is 12.1 Å². The number of piperidine rings is 1. The molecule has 0 bridgehead atoms. The molecular formula is C25H22F5N3O. The number of aromatic nitrogens is 1. The van der Waals surface area contributed by atoms with E-state index in [1.54, 1.807) is 18.5 Å². The summed E-state index contributed by atoms with van der Waals surface area (Å²) in [6.45, 7) is 1.04. The van der Waals surface area contributed by atoms with Crippen LogP contribution in [0.1, 0.15) is 45.9 Å². The third kappa shape index (κ3) is 5.25. The number of nitrogens with zero attached hydrogens (tertiary/aromatic N) is 2. The summed E-state index contributed by atoms with van der Waals surface area (Å²) in [6.07, 6.45) is -0.0942. The molecule has 1 fully saturated rings. The molecule has 0 spiro atoms. The Labute approximate surface area is 193 Å². The number of amides is 1. The average molecular weight is 475 g/mol. The van der Waals surface area contributed by atoms with Crippen LogP contribution >= 0.6 is 0 Å². The van der Waals surface area contributed by atoms with Crippen LogP contribution in [0, 0.1) is 11.6 Å². The molecule has 4 nitrogen and oxygen atoms in total. The molecule has 1 aliphatic heterocycles. The number of halogens is 5. The van der Waals surface area contributed by atoms with E-state index in [1.807, 2.05) is 6.07 Å². The van der Waals surface area contributed by atoms with Crippen LogP contribution in [-0.2, 0) is 6.18 Å². The largest absolute Gasteiger partial charge is 0.416 e. The highest BCUT2D eigenvalue weighted by atomic mass is 19.4. The number of hydrogen-bond acceptors (Lipinski definition) is 3. The van der Waals surface area contributed by atoms with Gasteiger partial charge in [-0.2, -0.15) is 13.2 Å². The molecule has 1 amide bonds. The molecular weight excluding hydrogens is 453 g/mol. The number of hydrogen-bond donors (Lipinski definition) is 1. The summed E-state index contributed by atoms with van der Waals surface area (Å²) in [5.74, 6) is -2.65. The van der Waals surface area contributed by atoms with Gasteiger partial charge >= 0.3 is 6.18 Å². The standard InChI is InChI=1S/C25H22F5N3O/c26-20-4-1-5-21(27)22(20)24(34)32-19-10-13-33(14-11-19)23(17-3-2-12-31-15-17)16-6-8-18(9-7-16)25(28,29)30/h1-9,12,15,19,23H,10-11,13-14H2,(H,32,34). The Hall–Kier alpha value is -3.33. The fraction of sp³-hybridized carbons (Fsp3) is 0.280. The van der Waals surface area contributed by atoms with Crippen molar-refractivity contribution in [3.8, 4) is 0 Å². The van der Waals surface area contributed by atoms with Crippen LogP contribution in [0.25, 0.3) is 0 Å². The van der Waals surface area contributed by atoms with E-state index >= 15 is 0 Å². The lowest BCUT2D eigenvalue weighted by atomic mass is 9.94. The molecule has 3 aromatic rings. The highest BCUT2D eigenvalue weighted by Gasteiger charge is 2.32. The Morgan fingerprint density at radius 1 is 0.941 bits per heavy atom. The van der Waals surface area contributed by atoms with Gasteiger partial charge in [-0.05, 0) is 54.3 Å². The van der Waals surface area contributed by atoms with Gasteiger partial charge in [0.25, 0.3) is 5.91 Å². The number of carbonyl (C=O) groups is 1. The van der Waals surface area contributed by atoms with Gasteiger partial charge in [-0.1, -0.05) is 24.3 Å². The Bertz CT molecular complexity index is 1110. The molecule has 1 atom stereocenters. The summed E-state index contributed by atoms with van der Waals surface area (Å²) in [5.41, 5.74) is 0.195. The predicted molar refractivity (Wildman–Crippen MR) is 116 cm³/mol. The molecule has 9 heteroatoms. The van der Waals surface area contributed by atoms with E-state index in [1.165, 1.54) is 18.2 Å². The molecule has 0 radical (unpaired) electrons. The zero-order valence-corrected chi connectivity index (χ0v) is 18.0. The van der Waals surface area contributed by atoms with Crippen molar-refractivity contribution in [1.82, 2.24) is 15.2 Å². The summed E-state index contributed by atoms with van der Waals surface area (Å²) in [6, 6.07) is 11.3. The molecule has 4 rings (SSSR count). The van der Waals surface area contributed by atoms with Crippen molar-refractivity contribution >= 4 is 5.91 Å². The topological polar surface area (TPSA) is 45.2 Å². The van der Waals surface area contributed by atoms with Crippen molar-refractivity contribution in [2.45, 2.75) is 31.1 Å². The van der Waals surface area contributed by atoms with Crippen molar-refractivity contribution in [3.63, 3.8) is 0 Å². The normalized spacial score (nSPS) is 16.3. The summed E-state index contributed by atoms with van der Waals surface area (Å²) >= 11 is 0. The summed E-state index contributed by atoms with van der Waals surface area (Å²) in [7, 11) is 0. The second-order valence-electron chi connectivity index (χ2n) is 8.19. The van der Waals surface area contributed by atoms with Gasteiger partial charge in [0.15, 0.2) is 0 Å². The van der Waals surface area contributed by atoms with Crippen molar-refractivity contribution in [2.24, 2.45) is 0 Å². The lowest BCUT2D eigenvalue weighted by molar-refractivity contribution is -0.137. The Morgan fingerprint density at radius 3 is 2.15 bits per heavy atom. The van der Waals surface area contributed by atoms with E-state index in [4.69, 9.17) is 0 Å². The minimum absolute atomic E-state index is 0.287. The highest BCUT2D eigenvalue weighted by Crippen LogP contribution is 2.34. The van der Waals surface area contributed by atoms with E-state index in [9.17, 15) is 26.7 Å². The van der Waals surface area contributed by atoms with Crippen molar-refractivity contribution in [1.29, 1.82) is 0 Å². The molecule has 1 saturated heterocycles. The third-order valence-electron chi connectivity index (χ3n) is 5.97. The minimum atomic E-state index is -4.42. The van der Waals surface area contributed by atoms with E-state index < -0.39 is 34.8 Å². The first-order valence-corrected chi connectivity index (χ1v) is 10.8. The first-order chi connectivity index (χ1) is 16.2. The van der Waals surface area contributed by atoms with Crippen molar-refractivity contribution < 1.29 is 26.7 Å². The molecule has 2 heterocycles. The summed E-state index contributed by atoms with van der Waals surface area (Å²) < 4.78 is 66.9. The SMILES string of the molecule is O=C(NC1CCN(C(c2ccc(C(F)(F)F)cc2)c2cccnc2)CC1)c1c(F)cccc1F. The van der Waals surface area contributed by atoms with Gasteiger partial charge in [0.05, 0.1) is 11.6 Å². The van der Waals surface area contributed by atoms with Crippen LogP contribution in [0.15, 0.2) is 67.0 Å². The first kappa shape index (κ1) is 23.8. The summed E-state index contributed by atoms with van der Waals surface area (Å²) in [4.78, 5) is 18.7. The van der Waals surface area contributed by atoms with E-state index in [2.05, 4.69) is 15.2 Å². The Morgan fingerprint density at radius 2 is 1.59 bits per heavy atom. The fourth-order valence-electron chi connectivity index (χ4n) is 4.28. The monoisotopic (exact) mass is 475 g/mol. The van der Waals surface area contributed by atoms with Crippen LogP contribution in [0.5, 0.6) is 0 Å². The average Bonchev–Trinajstić information content (AvgIpc) is 2.81. The van der Waals surface area contributed by atoms with Gasteiger partial charge in [0.1, 0.15) is 17.2 Å². The van der Waals surface area contributed by atoms with Crippen LogP contribution in [-0.4, -0.2) is 34.9 Å². The number of nitrogens with one attached hydrogen (secondary N) is 1. The van der Waals surface area contributed by atoms with Crippen molar-refractivity contribution in [3.05, 3.63) is 101 Å². The minimum Gasteiger partial charge on any atom is -0.349 e. The lowest BCUT2D eigenvalue weighted by Gasteiger charge is -2.38. The predicted octanol–water partition coefficient (Wildman–Crippen LogP) is 5.36. The lowest BCUT2D eigenvalue weighted by Crippen LogP contribution is -2.46. The van der Waals surface area contributed by atoms with Gasteiger partial charge in [-0.25, -0.2) is 8.78 Å². The van der Waals surface area contributed by atoms with E-state index in [0.29, 0.717) is 31.5 Å². The summed E-state index contributed by atoms with van der Waals surface area (Å²) in [5, 5.41) is 2.70. The molecule has 2 aromatic carbocycles. The van der Waals surface area contributed by atoms with Crippen LogP contribution in [0.4, 0.5) is 22.0 Å².